The fraction of sp³-hybridized carbons (Fsp3) is 0.188. The first-order valence-electron chi connectivity index (χ1n) is 6.54. The predicted molar refractivity (Wildman–Crippen MR) is 78.5 cm³/mol. The molecule has 1 amide bonds. The summed E-state index contributed by atoms with van der Waals surface area (Å²) in [6.07, 6.45) is 1.57. The number of rotatable bonds is 5. The number of amides is 1. The zero-order valence-electron chi connectivity index (χ0n) is 11.2. The largest absolute Gasteiger partial charge is 0.352 e. The van der Waals surface area contributed by atoms with Gasteiger partial charge in [0, 0.05) is 6.54 Å². The fourth-order valence-corrected chi connectivity index (χ4v) is 2.17. The standard InChI is InChI=1S/C16H14ClF2NO/c17-13-10-15(19)14(18)9-12(13)16(21)20-8-4-7-11-5-2-1-3-6-11/h1-3,5-6,9-10H,4,7-8H2,(H,20,21). The van der Waals surface area contributed by atoms with E-state index in [0.717, 1.165) is 25.0 Å². The zero-order valence-corrected chi connectivity index (χ0v) is 12.0. The third-order valence-corrected chi connectivity index (χ3v) is 3.34. The highest BCUT2D eigenvalue weighted by atomic mass is 35.5. The molecule has 2 aromatic rings. The summed E-state index contributed by atoms with van der Waals surface area (Å²) in [5.41, 5.74) is 1.12. The summed E-state index contributed by atoms with van der Waals surface area (Å²) in [6, 6.07) is 11.5. The summed E-state index contributed by atoms with van der Waals surface area (Å²) < 4.78 is 26.0. The summed E-state index contributed by atoms with van der Waals surface area (Å²) in [6.45, 7) is 0.434. The van der Waals surface area contributed by atoms with Crippen LogP contribution in [-0.2, 0) is 6.42 Å². The fourth-order valence-electron chi connectivity index (χ4n) is 1.93. The molecule has 0 aliphatic rings. The van der Waals surface area contributed by atoms with Crippen LogP contribution in [0.3, 0.4) is 0 Å². The average molecular weight is 310 g/mol. The van der Waals surface area contributed by atoms with Gasteiger partial charge in [-0.2, -0.15) is 0 Å². The molecule has 0 aromatic heterocycles. The minimum atomic E-state index is -1.09. The Balaban J connectivity index is 1.86. The van der Waals surface area contributed by atoms with E-state index in [4.69, 9.17) is 11.6 Å². The molecule has 2 aromatic carbocycles. The molecule has 0 saturated carbocycles. The van der Waals surface area contributed by atoms with Gasteiger partial charge in [-0.15, -0.1) is 0 Å². The van der Waals surface area contributed by atoms with E-state index in [1.165, 1.54) is 5.56 Å². The molecule has 110 valence electrons. The molecule has 0 saturated heterocycles. The number of nitrogens with one attached hydrogen (secondary N) is 1. The topological polar surface area (TPSA) is 29.1 Å². The molecule has 5 heteroatoms. The van der Waals surface area contributed by atoms with Gasteiger partial charge in [0.05, 0.1) is 10.6 Å². The van der Waals surface area contributed by atoms with Crippen molar-refractivity contribution in [2.75, 3.05) is 6.54 Å². The first-order valence-corrected chi connectivity index (χ1v) is 6.92. The summed E-state index contributed by atoms with van der Waals surface area (Å²) >= 11 is 5.74. The van der Waals surface area contributed by atoms with Crippen LogP contribution in [0.15, 0.2) is 42.5 Å². The van der Waals surface area contributed by atoms with Crippen molar-refractivity contribution >= 4 is 17.5 Å². The van der Waals surface area contributed by atoms with Gasteiger partial charge in [0.2, 0.25) is 0 Å². The molecule has 0 aliphatic heterocycles. The second-order valence-electron chi connectivity index (χ2n) is 4.59. The number of carbonyl (C=O) groups excluding carboxylic acids is 1. The molecule has 2 nitrogen and oxygen atoms in total. The first kappa shape index (κ1) is 15.4. The van der Waals surface area contributed by atoms with Crippen LogP contribution in [0, 0.1) is 11.6 Å². The van der Waals surface area contributed by atoms with E-state index in [1.807, 2.05) is 30.3 Å². The van der Waals surface area contributed by atoms with Gasteiger partial charge < -0.3 is 5.32 Å². The van der Waals surface area contributed by atoms with Crippen LogP contribution in [0.25, 0.3) is 0 Å². The molecular weight excluding hydrogens is 296 g/mol. The maximum absolute atomic E-state index is 13.1. The second kappa shape index (κ2) is 7.18. The van der Waals surface area contributed by atoms with Crippen molar-refractivity contribution in [3.05, 3.63) is 70.2 Å². The minimum absolute atomic E-state index is 0.0599. The Morgan fingerprint density at radius 1 is 1.10 bits per heavy atom. The summed E-state index contributed by atoms with van der Waals surface area (Å²) in [7, 11) is 0. The van der Waals surface area contributed by atoms with Crippen LogP contribution < -0.4 is 5.32 Å². The van der Waals surface area contributed by atoms with Crippen LogP contribution in [-0.4, -0.2) is 12.5 Å². The van der Waals surface area contributed by atoms with Gasteiger partial charge in [0.15, 0.2) is 11.6 Å². The van der Waals surface area contributed by atoms with Crippen LogP contribution in [0.1, 0.15) is 22.3 Å². The third kappa shape index (κ3) is 4.26. The number of carbonyl (C=O) groups is 1. The van der Waals surface area contributed by atoms with E-state index >= 15 is 0 Å². The van der Waals surface area contributed by atoms with Crippen molar-refractivity contribution in [3.8, 4) is 0 Å². The summed E-state index contributed by atoms with van der Waals surface area (Å²) in [5, 5.41) is 2.54. The Hall–Kier alpha value is -1.94. The van der Waals surface area contributed by atoms with Gasteiger partial charge in [-0.25, -0.2) is 8.78 Å². The monoisotopic (exact) mass is 309 g/mol. The Morgan fingerprint density at radius 2 is 1.76 bits per heavy atom. The van der Waals surface area contributed by atoms with Gasteiger partial charge in [-0.05, 0) is 30.5 Å². The van der Waals surface area contributed by atoms with Crippen molar-refractivity contribution in [1.29, 1.82) is 0 Å². The molecule has 0 atom stereocenters. The van der Waals surface area contributed by atoms with Crippen molar-refractivity contribution < 1.29 is 13.6 Å². The molecule has 2 rings (SSSR count). The van der Waals surface area contributed by atoms with Crippen molar-refractivity contribution in [2.45, 2.75) is 12.8 Å². The Kier molecular flexibility index (Phi) is 5.28. The number of hydrogen-bond donors (Lipinski definition) is 1. The lowest BCUT2D eigenvalue weighted by atomic mass is 10.1. The van der Waals surface area contributed by atoms with Gasteiger partial charge in [-0.1, -0.05) is 41.9 Å². The van der Waals surface area contributed by atoms with E-state index in [9.17, 15) is 13.6 Å². The SMILES string of the molecule is O=C(NCCCc1ccccc1)c1cc(F)c(F)cc1Cl. The maximum atomic E-state index is 13.1. The molecule has 0 fully saturated rings. The van der Waals surface area contributed by atoms with E-state index in [2.05, 4.69) is 5.32 Å². The second-order valence-corrected chi connectivity index (χ2v) is 5.00. The van der Waals surface area contributed by atoms with Crippen LogP contribution in [0.5, 0.6) is 0 Å². The molecule has 0 spiro atoms. The normalized spacial score (nSPS) is 10.4. The van der Waals surface area contributed by atoms with Gasteiger partial charge in [0.1, 0.15) is 0 Å². The quantitative estimate of drug-likeness (QED) is 0.657. The molecule has 0 bridgehead atoms. The summed E-state index contributed by atoms with van der Waals surface area (Å²) in [4.78, 5) is 11.9. The highest BCUT2D eigenvalue weighted by molar-refractivity contribution is 6.33. The van der Waals surface area contributed by atoms with Crippen LogP contribution >= 0.6 is 11.6 Å². The van der Waals surface area contributed by atoms with Gasteiger partial charge in [-0.3, -0.25) is 4.79 Å². The van der Waals surface area contributed by atoms with Crippen molar-refractivity contribution in [3.63, 3.8) is 0 Å². The van der Waals surface area contributed by atoms with Gasteiger partial charge >= 0.3 is 0 Å². The van der Waals surface area contributed by atoms with Gasteiger partial charge in [0.25, 0.3) is 5.91 Å². The Morgan fingerprint density at radius 3 is 2.48 bits per heavy atom. The van der Waals surface area contributed by atoms with E-state index < -0.39 is 17.5 Å². The average Bonchev–Trinajstić information content (AvgIpc) is 2.48. The molecule has 0 radical (unpaired) electrons. The molecule has 0 unspecified atom stereocenters. The number of hydrogen-bond acceptors (Lipinski definition) is 1. The number of halogens is 3. The van der Waals surface area contributed by atoms with E-state index in [-0.39, 0.29) is 10.6 Å². The molecule has 0 heterocycles. The van der Waals surface area contributed by atoms with E-state index in [0.29, 0.717) is 6.54 Å². The lowest BCUT2D eigenvalue weighted by Crippen LogP contribution is -2.25. The van der Waals surface area contributed by atoms with Crippen molar-refractivity contribution in [2.24, 2.45) is 0 Å². The number of aryl methyl sites for hydroxylation is 1. The first-order chi connectivity index (χ1) is 10.1. The number of benzene rings is 2. The van der Waals surface area contributed by atoms with E-state index in [1.54, 1.807) is 0 Å². The molecular formula is C16H14ClF2NO. The predicted octanol–water partition coefficient (Wildman–Crippen LogP) is 3.98. The smallest absolute Gasteiger partial charge is 0.252 e. The third-order valence-electron chi connectivity index (χ3n) is 3.03. The highest BCUT2D eigenvalue weighted by Gasteiger charge is 2.14. The lowest BCUT2D eigenvalue weighted by molar-refractivity contribution is 0.0953. The zero-order chi connectivity index (χ0) is 15.2. The maximum Gasteiger partial charge on any atom is 0.252 e. The molecule has 21 heavy (non-hydrogen) atoms. The Bertz CT molecular complexity index is 632. The minimum Gasteiger partial charge on any atom is -0.352 e. The lowest BCUT2D eigenvalue weighted by Gasteiger charge is -2.07. The van der Waals surface area contributed by atoms with Crippen molar-refractivity contribution in [1.82, 2.24) is 5.32 Å². The molecule has 1 N–H and O–H groups in total. The highest BCUT2D eigenvalue weighted by Crippen LogP contribution is 2.19. The Labute approximate surface area is 126 Å². The van der Waals surface area contributed by atoms with Crippen LogP contribution in [0.4, 0.5) is 8.78 Å². The van der Waals surface area contributed by atoms with Crippen LogP contribution in [0.2, 0.25) is 5.02 Å². The molecule has 0 aliphatic carbocycles. The summed E-state index contributed by atoms with van der Waals surface area (Å²) in [5.74, 6) is -2.67.